The van der Waals surface area contributed by atoms with Crippen LogP contribution >= 0.6 is 0 Å². The van der Waals surface area contributed by atoms with E-state index < -0.39 is 5.60 Å². The molecule has 1 aromatic heterocycles. The SMILES string of the molecule is Cc1ccnc(N2CC3CN(C(=O)OC(C)(C)C)CC3C2)c1. The van der Waals surface area contributed by atoms with E-state index in [-0.39, 0.29) is 6.09 Å². The van der Waals surface area contributed by atoms with Crippen LogP contribution in [0.3, 0.4) is 0 Å². The van der Waals surface area contributed by atoms with Crippen LogP contribution < -0.4 is 4.90 Å². The number of ether oxygens (including phenoxy) is 1. The molecule has 1 aromatic rings. The molecule has 22 heavy (non-hydrogen) atoms. The van der Waals surface area contributed by atoms with Crippen molar-refractivity contribution < 1.29 is 9.53 Å². The van der Waals surface area contributed by atoms with Gasteiger partial charge in [0.1, 0.15) is 11.4 Å². The smallest absolute Gasteiger partial charge is 0.410 e. The highest BCUT2D eigenvalue weighted by molar-refractivity contribution is 5.68. The van der Waals surface area contributed by atoms with Gasteiger partial charge >= 0.3 is 6.09 Å². The van der Waals surface area contributed by atoms with E-state index in [9.17, 15) is 4.79 Å². The number of pyridine rings is 1. The number of carbonyl (C=O) groups excluding carboxylic acids is 1. The standard InChI is InChI=1S/C17H25N3O2/c1-12-5-6-18-15(7-12)19-8-13-10-20(11-14(13)9-19)16(21)22-17(2,3)4/h5-7,13-14H,8-11H2,1-4H3. The summed E-state index contributed by atoms with van der Waals surface area (Å²) in [4.78, 5) is 20.8. The summed E-state index contributed by atoms with van der Waals surface area (Å²) in [5, 5.41) is 0. The molecule has 2 aliphatic rings. The fourth-order valence-corrected chi connectivity index (χ4v) is 3.35. The van der Waals surface area contributed by atoms with Crippen molar-refractivity contribution in [2.24, 2.45) is 11.8 Å². The molecular weight excluding hydrogens is 278 g/mol. The second kappa shape index (κ2) is 5.45. The molecule has 2 aliphatic heterocycles. The number of anilines is 1. The van der Waals surface area contributed by atoms with Gasteiger partial charge in [0.2, 0.25) is 0 Å². The Kier molecular flexibility index (Phi) is 3.75. The molecule has 5 nitrogen and oxygen atoms in total. The van der Waals surface area contributed by atoms with Gasteiger partial charge in [-0.05, 0) is 45.4 Å². The molecule has 5 heteroatoms. The van der Waals surface area contributed by atoms with Crippen LogP contribution in [0.5, 0.6) is 0 Å². The third-order valence-corrected chi connectivity index (χ3v) is 4.36. The zero-order valence-corrected chi connectivity index (χ0v) is 13.9. The van der Waals surface area contributed by atoms with Gasteiger partial charge in [-0.15, -0.1) is 0 Å². The van der Waals surface area contributed by atoms with Crippen LogP contribution in [0, 0.1) is 18.8 Å². The van der Waals surface area contributed by atoms with Gasteiger partial charge in [0, 0.05) is 44.2 Å². The molecule has 0 N–H and O–H groups in total. The number of aryl methyl sites for hydroxylation is 1. The zero-order chi connectivity index (χ0) is 15.9. The molecule has 2 unspecified atom stereocenters. The predicted octanol–water partition coefficient (Wildman–Crippen LogP) is 2.69. The van der Waals surface area contributed by atoms with Gasteiger partial charge in [0.05, 0.1) is 0 Å². The number of aromatic nitrogens is 1. The van der Waals surface area contributed by atoms with Crippen molar-refractivity contribution in [1.82, 2.24) is 9.88 Å². The first kappa shape index (κ1) is 15.1. The summed E-state index contributed by atoms with van der Waals surface area (Å²) in [5.74, 6) is 2.10. The number of hydrogen-bond donors (Lipinski definition) is 0. The first-order valence-corrected chi connectivity index (χ1v) is 7.97. The minimum absolute atomic E-state index is 0.179. The normalized spacial score (nSPS) is 24.5. The molecule has 120 valence electrons. The van der Waals surface area contributed by atoms with Crippen molar-refractivity contribution in [3.05, 3.63) is 23.9 Å². The molecule has 0 aliphatic carbocycles. The van der Waals surface area contributed by atoms with Gasteiger partial charge in [0.15, 0.2) is 0 Å². The van der Waals surface area contributed by atoms with Crippen LogP contribution in [0.2, 0.25) is 0 Å². The minimum atomic E-state index is -0.424. The van der Waals surface area contributed by atoms with E-state index >= 15 is 0 Å². The van der Waals surface area contributed by atoms with E-state index in [2.05, 4.69) is 22.9 Å². The van der Waals surface area contributed by atoms with Crippen molar-refractivity contribution >= 4 is 11.9 Å². The lowest BCUT2D eigenvalue weighted by molar-refractivity contribution is 0.0282. The van der Waals surface area contributed by atoms with Crippen LogP contribution in [0.15, 0.2) is 18.3 Å². The quantitative estimate of drug-likeness (QED) is 0.800. The molecule has 0 aromatic carbocycles. The predicted molar refractivity (Wildman–Crippen MR) is 86.0 cm³/mol. The molecule has 2 saturated heterocycles. The summed E-state index contributed by atoms with van der Waals surface area (Å²) < 4.78 is 5.48. The van der Waals surface area contributed by atoms with Crippen LogP contribution in [0.4, 0.5) is 10.6 Å². The molecule has 0 bridgehead atoms. The second-order valence-electron chi connectivity index (χ2n) is 7.50. The van der Waals surface area contributed by atoms with Gasteiger partial charge in [-0.2, -0.15) is 0 Å². The van der Waals surface area contributed by atoms with Gasteiger partial charge in [-0.1, -0.05) is 0 Å². The number of nitrogens with zero attached hydrogens (tertiary/aromatic N) is 3. The maximum absolute atomic E-state index is 12.2. The Balaban J connectivity index is 1.60. The minimum Gasteiger partial charge on any atom is -0.444 e. The fraction of sp³-hybridized carbons (Fsp3) is 0.647. The average Bonchev–Trinajstić information content (AvgIpc) is 2.94. The summed E-state index contributed by atoms with van der Waals surface area (Å²) in [7, 11) is 0. The molecule has 0 saturated carbocycles. The number of likely N-dealkylation sites (tertiary alicyclic amines) is 1. The molecule has 2 atom stereocenters. The molecule has 3 rings (SSSR count). The topological polar surface area (TPSA) is 45.7 Å². The number of fused-ring (bicyclic) bond motifs is 1. The molecule has 0 spiro atoms. The highest BCUT2D eigenvalue weighted by atomic mass is 16.6. The zero-order valence-electron chi connectivity index (χ0n) is 13.9. The average molecular weight is 303 g/mol. The highest BCUT2D eigenvalue weighted by Gasteiger charge is 2.43. The van der Waals surface area contributed by atoms with E-state index in [1.165, 1.54) is 5.56 Å². The monoisotopic (exact) mass is 303 g/mol. The first-order valence-electron chi connectivity index (χ1n) is 7.97. The molecule has 2 fully saturated rings. The van der Waals surface area contributed by atoms with Gasteiger partial charge in [-0.25, -0.2) is 9.78 Å². The Bertz CT molecular complexity index is 553. The van der Waals surface area contributed by atoms with Crippen molar-refractivity contribution in [1.29, 1.82) is 0 Å². The van der Waals surface area contributed by atoms with Gasteiger partial charge in [0.25, 0.3) is 0 Å². The number of carbonyl (C=O) groups is 1. The third-order valence-electron chi connectivity index (χ3n) is 4.36. The summed E-state index contributed by atoms with van der Waals surface area (Å²) >= 11 is 0. The van der Waals surface area contributed by atoms with Crippen LogP contribution in [-0.4, -0.2) is 47.8 Å². The summed E-state index contributed by atoms with van der Waals surface area (Å²) in [6.45, 7) is 11.4. The second-order valence-corrected chi connectivity index (χ2v) is 7.50. The first-order chi connectivity index (χ1) is 10.3. The Morgan fingerprint density at radius 2 is 1.86 bits per heavy atom. The van der Waals surface area contributed by atoms with E-state index in [0.29, 0.717) is 11.8 Å². The lowest BCUT2D eigenvalue weighted by atomic mass is 10.0. The molecule has 3 heterocycles. The maximum Gasteiger partial charge on any atom is 0.410 e. The lowest BCUT2D eigenvalue weighted by Crippen LogP contribution is -2.37. The third kappa shape index (κ3) is 3.18. The van der Waals surface area contributed by atoms with E-state index in [4.69, 9.17) is 4.74 Å². The summed E-state index contributed by atoms with van der Waals surface area (Å²) in [5.41, 5.74) is 0.809. The van der Waals surface area contributed by atoms with Crippen LogP contribution in [0.25, 0.3) is 0 Å². The van der Waals surface area contributed by atoms with E-state index in [1.807, 2.05) is 37.9 Å². The van der Waals surface area contributed by atoms with E-state index in [0.717, 1.165) is 32.0 Å². The van der Waals surface area contributed by atoms with Crippen molar-refractivity contribution in [2.75, 3.05) is 31.1 Å². The lowest BCUT2D eigenvalue weighted by Gasteiger charge is -2.26. The van der Waals surface area contributed by atoms with E-state index in [1.54, 1.807) is 0 Å². The molecular formula is C17H25N3O2. The van der Waals surface area contributed by atoms with Crippen molar-refractivity contribution in [2.45, 2.75) is 33.3 Å². The van der Waals surface area contributed by atoms with Crippen LogP contribution in [0.1, 0.15) is 26.3 Å². The Morgan fingerprint density at radius 3 is 2.41 bits per heavy atom. The number of rotatable bonds is 1. The molecule has 1 amide bonds. The summed E-state index contributed by atoms with van der Waals surface area (Å²) in [6.07, 6.45) is 1.69. The van der Waals surface area contributed by atoms with Crippen molar-refractivity contribution in [3.63, 3.8) is 0 Å². The van der Waals surface area contributed by atoms with Crippen LogP contribution in [-0.2, 0) is 4.74 Å². The van der Waals surface area contributed by atoms with Crippen molar-refractivity contribution in [3.8, 4) is 0 Å². The largest absolute Gasteiger partial charge is 0.444 e. The fourth-order valence-electron chi connectivity index (χ4n) is 3.35. The Morgan fingerprint density at radius 1 is 1.23 bits per heavy atom. The van der Waals surface area contributed by atoms with Gasteiger partial charge in [-0.3, -0.25) is 0 Å². The molecule has 0 radical (unpaired) electrons. The Hall–Kier alpha value is -1.78. The van der Waals surface area contributed by atoms with Gasteiger partial charge < -0.3 is 14.5 Å². The maximum atomic E-state index is 12.2. The summed E-state index contributed by atoms with van der Waals surface area (Å²) in [6, 6.07) is 4.15. The highest BCUT2D eigenvalue weighted by Crippen LogP contribution is 2.34. The number of hydrogen-bond acceptors (Lipinski definition) is 4. The number of amides is 1. The Labute approximate surface area is 132 Å².